The third-order valence-electron chi connectivity index (χ3n) is 1.91. The number of aliphatic imine (C=N–C) groups is 1. The van der Waals surface area contributed by atoms with Crippen LogP contribution >= 0.6 is 0 Å². The van der Waals surface area contributed by atoms with Crippen molar-refractivity contribution in [1.29, 1.82) is 0 Å². The Morgan fingerprint density at radius 3 is 3.09 bits per heavy atom. The standard InChI is InChI=1S/C10H15N/c1-3-4-9(2)10-5-7-11-8-6-10/h4-5,7H,3,6,8H2,1-2H3/b9-4+. The van der Waals surface area contributed by atoms with Crippen LogP contribution in [0.1, 0.15) is 26.7 Å². The Bertz CT molecular complexity index is 209. The van der Waals surface area contributed by atoms with Crippen LogP contribution in [0.25, 0.3) is 0 Å². The number of dihydropyridines is 1. The lowest BCUT2D eigenvalue weighted by atomic mass is 10.0. The largest absolute Gasteiger partial charge is 0.293 e. The maximum Gasteiger partial charge on any atom is 0.0429 e. The molecule has 1 nitrogen and oxygen atoms in total. The van der Waals surface area contributed by atoms with E-state index in [1.165, 1.54) is 11.1 Å². The van der Waals surface area contributed by atoms with Gasteiger partial charge in [0.2, 0.25) is 0 Å². The Kier molecular flexibility index (Phi) is 3.09. The number of allylic oxidation sites excluding steroid dienone is 3. The number of hydrogen-bond acceptors (Lipinski definition) is 1. The molecule has 0 saturated heterocycles. The Hall–Kier alpha value is -0.850. The second kappa shape index (κ2) is 4.12. The molecule has 0 bridgehead atoms. The molecule has 0 N–H and O–H groups in total. The summed E-state index contributed by atoms with van der Waals surface area (Å²) in [6.07, 6.45) is 8.53. The first kappa shape index (κ1) is 8.25. The Balaban J connectivity index is 2.66. The zero-order chi connectivity index (χ0) is 8.10. The molecule has 0 unspecified atom stereocenters. The van der Waals surface area contributed by atoms with Crippen LogP contribution in [0.5, 0.6) is 0 Å². The van der Waals surface area contributed by atoms with Gasteiger partial charge in [-0.2, -0.15) is 0 Å². The molecule has 0 saturated carbocycles. The van der Waals surface area contributed by atoms with Crippen molar-refractivity contribution in [3.63, 3.8) is 0 Å². The highest BCUT2D eigenvalue weighted by Crippen LogP contribution is 2.15. The van der Waals surface area contributed by atoms with E-state index in [4.69, 9.17) is 0 Å². The van der Waals surface area contributed by atoms with E-state index in [2.05, 4.69) is 31.0 Å². The van der Waals surface area contributed by atoms with Gasteiger partial charge in [0.1, 0.15) is 0 Å². The van der Waals surface area contributed by atoms with Crippen molar-refractivity contribution in [2.45, 2.75) is 26.7 Å². The van der Waals surface area contributed by atoms with Gasteiger partial charge in [-0.05, 0) is 31.4 Å². The van der Waals surface area contributed by atoms with Crippen molar-refractivity contribution in [1.82, 2.24) is 0 Å². The second-order valence-electron chi connectivity index (χ2n) is 2.79. The summed E-state index contributed by atoms with van der Waals surface area (Å²) in [7, 11) is 0. The van der Waals surface area contributed by atoms with Gasteiger partial charge < -0.3 is 0 Å². The van der Waals surface area contributed by atoms with Crippen LogP contribution in [0.3, 0.4) is 0 Å². The van der Waals surface area contributed by atoms with Crippen molar-refractivity contribution in [2.75, 3.05) is 6.54 Å². The number of rotatable bonds is 2. The molecule has 11 heavy (non-hydrogen) atoms. The fourth-order valence-electron chi connectivity index (χ4n) is 1.25. The van der Waals surface area contributed by atoms with Crippen LogP contribution in [0, 0.1) is 0 Å². The molecule has 0 fully saturated rings. The first-order chi connectivity index (χ1) is 5.34. The number of nitrogens with zero attached hydrogens (tertiary/aromatic N) is 1. The summed E-state index contributed by atoms with van der Waals surface area (Å²) in [4.78, 5) is 4.14. The minimum Gasteiger partial charge on any atom is -0.293 e. The van der Waals surface area contributed by atoms with Crippen molar-refractivity contribution >= 4 is 6.21 Å². The molecule has 0 aromatic carbocycles. The van der Waals surface area contributed by atoms with E-state index in [9.17, 15) is 0 Å². The van der Waals surface area contributed by atoms with Crippen LogP contribution in [-0.4, -0.2) is 12.8 Å². The molecule has 1 heterocycles. The molecule has 60 valence electrons. The van der Waals surface area contributed by atoms with Crippen LogP contribution in [-0.2, 0) is 0 Å². The zero-order valence-corrected chi connectivity index (χ0v) is 7.30. The fraction of sp³-hybridized carbons (Fsp3) is 0.500. The van der Waals surface area contributed by atoms with Gasteiger partial charge in [-0.3, -0.25) is 4.99 Å². The third kappa shape index (κ3) is 2.34. The van der Waals surface area contributed by atoms with Gasteiger partial charge in [0.05, 0.1) is 0 Å². The quantitative estimate of drug-likeness (QED) is 0.572. The summed E-state index contributed by atoms with van der Waals surface area (Å²) in [5, 5.41) is 0. The van der Waals surface area contributed by atoms with E-state index in [1.807, 2.05) is 6.21 Å². The predicted molar refractivity (Wildman–Crippen MR) is 50.1 cm³/mol. The summed E-state index contributed by atoms with van der Waals surface area (Å²) in [5.41, 5.74) is 2.86. The van der Waals surface area contributed by atoms with Crippen LogP contribution < -0.4 is 0 Å². The van der Waals surface area contributed by atoms with E-state index < -0.39 is 0 Å². The molecular weight excluding hydrogens is 134 g/mol. The highest BCUT2D eigenvalue weighted by atomic mass is 14.7. The molecule has 0 atom stereocenters. The molecule has 0 aliphatic carbocycles. The van der Waals surface area contributed by atoms with E-state index in [0.29, 0.717) is 0 Å². The van der Waals surface area contributed by atoms with Crippen molar-refractivity contribution in [2.24, 2.45) is 4.99 Å². The van der Waals surface area contributed by atoms with Gasteiger partial charge in [-0.15, -0.1) is 0 Å². The highest BCUT2D eigenvalue weighted by Gasteiger charge is 2.00. The predicted octanol–water partition coefficient (Wildman–Crippen LogP) is 2.74. The van der Waals surface area contributed by atoms with E-state index in [0.717, 1.165) is 19.4 Å². The minimum absolute atomic E-state index is 0.959. The maximum atomic E-state index is 4.14. The average molecular weight is 149 g/mol. The van der Waals surface area contributed by atoms with Crippen molar-refractivity contribution in [3.8, 4) is 0 Å². The van der Waals surface area contributed by atoms with E-state index in [-0.39, 0.29) is 0 Å². The Morgan fingerprint density at radius 1 is 1.73 bits per heavy atom. The SMILES string of the molecule is CC/C=C(\C)C1=CC=NCC1. The van der Waals surface area contributed by atoms with Gasteiger partial charge in [0, 0.05) is 12.8 Å². The minimum atomic E-state index is 0.959. The molecule has 0 radical (unpaired) electrons. The smallest absolute Gasteiger partial charge is 0.0429 e. The first-order valence-corrected chi connectivity index (χ1v) is 4.20. The lowest BCUT2D eigenvalue weighted by Crippen LogP contribution is -1.95. The van der Waals surface area contributed by atoms with Crippen LogP contribution in [0.4, 0.5) is 0 Å². The topological polar surface area (TPSA) is 12.4 Å². The third-order valence-corrected chi connectivity index (χ3v) is 1.91. The molecule has 0 aromatic rings. The highest BCUT2D eigenvalue weighted by molar-refractivity contribution is 5.74. The maximum absolute atomic E-state index is 4.14. The van der Waals surface area contributed by atoms with Gasteiger partial charge in [0.15, 0.2) is 0 Å². The van der Waals surface area contributed by atoms with Crippen molar-refractivity contribution < 1.29 is 0 Å². The van der Waals surface area contributed by atoms with Gasteiger partial charge >= 0.3 is 0 Å². The van der Waals surface area contributed by atoms with Gasteiger partial charge in [-0.1, -0.05) is 18.6 Å². The van der Waals surface area contributed by atoms with E-state index >= 15 is 0 Å². The van der Waals surface area contributed by atoms with Crippen LogP contribution in [0.15, 0.2) is 28.3 Å². The summed E-state index contributed by atoms with van der Waals surface area (Å²) < 4.78 is 0. The molecule has 0 spiro atoms. The molecule has 0 aromatic heterocycles. The number of hydrogen-bond donors (Lipinski definition) is 0. The molecule has 1 rings (SSSR count). The normalized spacial score (nSPS) is 18.4. The van der Waals surface area contributed by atoms with Gasteiger partial charge in [-0.25, -0.2) is 0 Å². The zero-order valence-electron chi connectivity index (χ0n) is 7.30. The average Bonchev–Trinajstić information content (AvgIpc) is 2.07. The lowest BCUT2D eigenvalue weighted by molar-refractivity contribution is 0.944. The second-order valence-corrected chi connectivity index (χ2v) is 2.79. The molecule has 0 amide bonds. The Morgan fingerprint density at radius 2 is 2.55 bits per heavy atom. The molecular formula is C10H15N. The fourth-order valence-corrected chi connectivity index (χ4v) is 1.25. The summed E-state index contributed by atoms with van der Waals surface area (Å²) in [6.45, 7) is 5.30. The van der Waals surface area contributed by atoms with E-state index in [1.54, 1.807) is 0 Å². The van der Waals surface area contributed by atoms with Crippen LogP contribution in [0.2, 0.25) is 0 Å². The van der Waals surface area contributed by atoms with Gasteiger partial charge in [0.25, 0.3) is 0 Å². The molecule has 1 aliphatic heterocycles. The molecule has 1 heteroatoms. The first-order valence-electron chi connectivity index (χ1n) is 4.20. The lowest BCUT2D eigenvalue weighted by Gasteiger charge is -2.08. The summed E-state index contributed by atoms with van der Waals surface area (Å²) in [5.74, 6) is 0. The molecule has 1 aliphatic rings. The summed E-state index contributed by atoms with van der Waals surface area (Å²) >= 11 is 0. The summed E-state index contributed by atoms with van der Waals surface area (Å²) in [6, 6.07) is 0. The van der Waals surface area contributed by atoms with Crippen molar-refractivity contribution in [3.05, 3.63) is 23.3 Å². The monoisotopic (exact) mass is 149 g/mol. The Labute approximate surface area is 68.5 Å².